The second-order valence-electron chi connectivity index (χ2n) is 4.81. The molecule has 21 heavy (non-hydrogen) atoms. The van der Waals surface area contributed by atoms with E-state index in [4.69, 9.17) is 11.6 Å². The Morgan fingerprint density at radius 3 is 2.71 bits per heavy atom. The maximum Gasteiger partial charge on any atom is 0.254 e. The molecule has 0 aliphatic rings. The average molecular weight is 305 g/mol. The smallest absolute Gasteiger partial charge is 0.254 e. The molecule has 0 unspecified atom stereocenters. The third-order valence-corrected chi connectivity index (χ3v) is 3.51. The molecule has 0 spiro atoms. The highest BCUT2D eigenvalue weighted by molar-refractivity contribution is 6.33. The molecule has 0 radical (unpaired) electrons. The van der Waals surface area contributed by atoms with Gasteiger partial charge in [0, 0.05) is 18.8 Å². The van der Waals surface area contributed by atoms with Crippen LogP contribution in [0.3, 0.4) is 0 Å². The molecule has 0 bridgehead atoms. The lowest BCUT2D eigenvalue weighted by atomic mass is 10.4. The first kappa shape index (κ1) is 13.7. The SMILES string of the molecule is Cc1cc(=O)n(Cc2nc(Cl)c3cnn(C)c3n2)c(C)n1. The van der Waals surface area contributed by atoms with E-state index in [0.29, 0.717) is 33.5 Å². The third kappa shape index (κ3) is 2.40. The predicted molar refractivity (Wildman–Crippen MR) is 78.4 cm³/mol. The summed E-state index contributed by atoms with van der Waals surface area (Å²) in [4.78, 5) is 25.0. The summed E-state index contributed by atoms with van der Waals surface area (Å²) in [5.41, 5.74) is 1.19. The van der Waals surface area contributed by atoms with Crippen LogP contribution in [0, 0.1) is 13.8 Å². The second kappa shape index (κ2) is 4.92. The van der Waals surface area contributed by atoms with Crippen molar-refractivity contribution in [2.24, 2.45) is 7.05 Å². The van der Waals surface area contributed by atoms with Gasteiger partial charge in [-0.05, 0) is 13.8 Å². The van der Waals surface area contributed by atoms with Crippen LogP contribution in [-0.4, -0.2) is 29.3 Å². The fraction of sp³-hybridized carbons (Fsp3) is 0.308. The van der Waals surface area contributed by atoms with Gasteiger partial charge in [0.1, 0.15) is 11.0 Å². The first-order valence-corrected chi connectivity index (χ1v) is 6.72. The van der Waals surface area contributed by atoms with Crippen molar-refractivity contribution in [3.63, 3.8) is 0 Å². The maximum absolute atomic E-state index is 12.0. The molecule has 7 nitrogen and oxygen atoms in total. The fourth-order valence-corrected chi connectivity index (χ4v) is 2.43. The molecule has 3 aromatic rings. The zero-order valence-electron chi connectivity index (χ0n) is 11.8. The highest BCUT2D eigenvalue weighted by Crippen LogP contribution is 2.19. The summed E-state index contributed by atoms with van der Waals surface area (Å²) in [6.07, 6.45) is 1.62. The highest BCUT2D eigenvalue weighted by Gasteiger charge is 2.12. The van der Waals surface area contributed by atoms with E-state index in [1.54, 1.807) is 31.8 Å². The number of halogens is 1. The van der Waals surface area contributed by atoms with Gasteiger partial charge in [-0.3, -0.25) is 14.0 Å². The molecule has 0 aliphatic carbocycles. The number of aryl methyl sites for hydroxylation is 3. The minimum Gasteiger partial charge on any atom is -0.289 e. The lowest BCUT2D eigenvalue weighted by Crippen LogP contribution is -2.25. The van der Waals surface area contributed by atoms with Crippen LogP contribution in [0.15, 0.2) is 17.1 Å². The number of nitrogens with zero attached hydrogens (tertiary/aromatic N) is 6. The molecule has 0 amide bonds. The molecule has 0 N–H and O–H groups in total. The Labute approximate surface area is 125 Å². The monoisotopic (exact) mass is 304 g/mol. The van der Waals surface area contributed by atoms with E-state index in [9.17, 15) is 4.79 Å². The van der Waals surface area contributed by atoms with Crippen LogP contribution in [0.2, 0.25) is 5.15 Å². The van der Waals surface area contributed by atoms with Gasteiger partial charge in [0.05, 0.1) is 18.1 Å². The first-order valence-electron chi connectivity index (χ1n) is 6.35. The number of aromatic nitrogens is 6. The summed E-state index contributed by atoms with van der Waals surface area (Å²) >= 11 is 6.14. The Morgan fingerprint density at radius 1 is 1.24 bits per heavy atom. The molecule has 0 saturated heterocycles. The van der Waals surface area contributed by atoms with Crippen LogP contribution in [0.5, 0.6) is 0 Å². The van der Waals surface area contributed by atoms with Crippen molar-refractivity contribution < 1.29 is 0 Å². The normalized spacial score (nSPS) is 11.2. The molecular weight excluding hydrogens is 292 g/mol. The van der Waals surface area contributed by atoms with Gasteiger partial charge in [-0.2, -0.15) is 5.10 Å². The standard InChI is InChI=1S/C13H13ClN6O/c1-7-4-11(21)20(8(2)16-7)6-10-17-12(14)9-5-15-19(3)13(9)18-10/h4-5H,6H2,1-3H3. The summed E-state index contributed by atoms with van der Waals surface area (Å²) in [6, 6.07) is 1.48. The lowest BCUT2D eigenvalue weighted by Gasteiger charge is -2.09. The van der Waals surface area contributed by atoms with E-state index in [1.807, 2.05) is 0 Å². The molecule has 0 aromatic carbocycles. The van der Waals surface area contributed by atoms with Crippen LogP contribution in [0.25, 0.3) is 11.0 Å². The average Bonchev–Trinajstić information content (AvgIpc) is 2.76. The van der Waals surface area contributed by atoms with Crippen molar-refractivity contribution >= 4 is 22.6 Å². The first-order chi connectivity index (χ1) is 9.95. The minimum absolute atomic E-state index is 0.134. The van der Waals surface area contributed by atoms with Gasteiger partial charge < -0.3 is 0 Å². The van der Waals surface area contributed by atoms with E-state index in [0.717, 1.165) is 0 Å². The fourth-order valence-electron chi connectivity index (χ4n) is 2.20. The zero-order chi connectivity index (χ0) is 15.1. The van der Waals surface area contributed by atoms with Crippen molar-refractivity contribution in [1.29, 1.82) is 0 Å². The van der Waals surface area contributed by atoms with E-state index < -0.39 is 0 Å². The lowest BCUT2D eigenvalue weighted by molar-refractivity contribution is 0.664. The number of rotatable bonds is 2. The molecule has 0 aliphatic heterocycles. The molecule has 0 fully saturated rings. The topological polar surface area (TPSA) is 78.5 Å². The Morgan fingerprint density at radius 2 is 2.00 bits per heavy atom. The number of fused-ring (bicyclic) bond motifs is 1. The molecule has 3 heterocycles. The summed E-state index contributed by atoms with van der Waals surface area (Å²) < 4.78 is 3.14. The quantitative estimate of drug-likeness (QED) is 0.666. The minimum atomic E-state index is -0.134. The van der Waals surface area contributed by atoms with Crippen molar-refractivity contribution in [3.05, 3.63) is 45.1 Å². The van der Waals surface area contributed by atoms with E-state index in [-0.39, 0.29) is 12.1 Å². The van der Waals surface area contributed by atoms with Gasteiger partial charge in [-0.25, -0.2) is 15.0 Å². The Hall–Kier alpha value is -2.28. The summed E-state index contributed by atoms with van der Waals surface area (Å²) in [5.74, 6) is 1.07. The Kier molecular flexibility index (Phi) is 3.21. The number of hydrogen-bond donors (Lipinski definition) is 0. The van der Waals surface area contributed by atoms with Gasteiger partial charge in [-0.1, -0.05) is 11.6 Å². The summed E-state index contributed by atoms with van der Waals surface area (Å²) in [7, 11) is 1.78. The predicted octanol–water partition coefficient (Wildman–Crippen LogP) is 1.24. The van der Waals surface area contributed by atoms with Gasteiger partial charge in [0.15, 0.2) is 11.5 Å². The number of hydrogen-bond acceptors (Lipinski definition) is 5. The Bertz CT molecular complexity index is 898. The van der Waals surface area contributed by atoms with Crippen molar-refractivity contribution in [2.75, 3.05) is 0 Å². The molecule has 0 atom stereocenters. The van der Waals surface area contributed by atoms with Crippen LogP contribution in [0.4, 0.5) is 0 Å². The van der Waals surface area contributed by atoms with Crippen molar-refractivity contribution in [1.82, 2.24) is 29.3 Å². The van der Waals surface area contributed by atoms with Gasteiger partial charge in [0.2, 0.25) is 0 Å². The van der Waals surface area contributed by atoms with Gasteiger partial charge in [-0.15, -0.1) is 0 Å². The second-order valence-corrected chi connectivity index (χ2v) is 5.16. The summed E-state index contributed by atoms with van der Waals surface area (Å²) in [5, 5.41) is 5.12. The highest BCUT2D eigenvalue weighted by atomic mass is 35.5. The van der Waals surface area contributed by atoms with Crippen LogP contribution in [-0.2, 0) is 13.6 Å². The molecule has 3 rings (SSSR count). The van der Waals surface area contributed by atoms with Gasteiger partial charge in [0.25, 0.3) is 5.56 Å². The molecule has 0 saturated carbocycles. The van der Waals surface area contributed by atoms with Crippen LogP contribution >= 0.6 is 11.6 Å². The Balaban J connectivity index is 2.10. The van der Waals surface area contributed by atoms with E-state index in [1.165, 1.54) is 10.6 Å². The zero-order valence-corrected chi connectivity index (χ0v) is 12.6. The van der Waals surface area contributed by atoms with E-state index in [2.05, 4.69) is 20.1 Å². The van der Waals surface area contributed by atoms with Crippen LogP contribution < -0.4 is 5.56 Å². The molecule has 8 heteroatoms. The van der Waals surface area contributed by atoms with Gasteiger partial charge >= 0.3 is 0 Å². The molecule has 3 aromatic heterocycles. The largest absolute Gasteiger partial charge is 0.289 e. The van der Waals surface area contributed by atoms with E-state index >= 15 is 0 Å². The third-order valence-electron chi connectivity index (χ3n) is 3.22. The van der Waals surface area contributed by atoms with Crippen molar-refractivity contribution in [2.45, 2.75) is 20.4 Å². The van der Waals surface area contributed by atoms with Crippen molar-refractivity contribution in [3.8, 4) is 0 Å². The molecule has 108 valence electrons. The van der Waals surface area contributed by atoms with Crippen LogP contribution in [0.1, 0.15) is 17.3 Å². The maximum atomic E-state index is 12.0. The molecular formula is C13H13ClN6O. The summed E-state index contributed by atoms with van der Waals surface area (Å²) in [6.45, 7) is 3.78.